The third-order valence-corrected chi connectivity index (χ3v) is 3.50. The van der Waals surface area contributed by atoms with Gasteiger partial charge in [-0.05, 0) is 41.1 Å². The van der Waals surface area contributed by atoms with E-state index in [4.69, 9.17) is 0 Å². The van der Waals surface area contributed by atoms with E-state index in [2.05, 4.69) is 31.5 Å². The number of hydrogen-bond donors (Lipinski definition) is 2. The molecule has 2 N–H and O–H groups in total. The third-order valence-electron chi connectivity index (χ3n) is 2.02. The van der Waals surface area contributed by atoms with Crippen molar-refractivity contribution in [2.45, 2.75) is 6.92 Å². The Bertz CT molecular complexity index is 587. The van der Waals surface area contributed by atoms with Crippen molar-refractivity contribution in [2.75, 3.05) is 10.6 Å². The largest absolute Gasteiger partial charge is 0.325 e. The number of aryl methyl sites for hydroxylation is 1. The second-order valence-corrected chi connectivity index (χ2v) is 5.21. The number of aromatic nitrogens is 1. The minimum Gasteiger partial charge on any atom is -0.308 e. The van der Waals surface area contributed by atoms with Gasteiger partial charge in [0, 0.05) is 11.1 Å². The maximum Gasteiger partial charge on any atom is 0.325 e. The van der Waals surface area contributed by atoms with Gasteiger partial charge in [0.25, 0.3) is 0 Å². The number of thiazole rings is 1. The number of benzene rings is 1. The number of rotatable bonds is 2. The van der Waals surface area contributed by atoms with E-state index in [9.17, 15) is 9.18 Å². The number of carbonyl (C=O) groups excluding carboxylic acids is 1. The van der Waals surface area contributed by atoms with Gasteiger partial charge in [-0.1, -0.05) is 0 Å². The van der Waals surface area contributed by atoms with Crippen LogP contribution in [0.2, 0.25) is 0 Å². The monoisotopic (exact) mass is 329 g/mol. The summed E-state index contributed by atoms with van der Waals surface area (Å²) in [4.78, 5) is 15.7. The van der Waals surface area contributed by atoms with E-state index in [1.165, 1.54) is 29.5 Å². The average Bonchev–Trinajstić information content (AvgIpc) is 2.69. The van der Waals surface area contributed by atoms with Crippen LogP contribution in [0.3, 0.4) is 0 Å². The Morgan fingerprint density at radius 3 is 2.83 bits per heavy atom. The lowest BCUT2D eigenvalue weighted by Crippen LogP contribution is -2.19. The molecular weight excluding hydrogens is 321 g/mol. The first-order valence-corrected chi connectivity index (χ1v) is 6.67. The number of nitrogens with one attached hydrogen (secondary N) is 2. The van der Waals surface area contributed by atoms with Gasteiger partial charge in [-0.25, -0.2) is 14.2 Å². The van der Waals surface area contributed by atoms with Gasteiger partial charge in [0.1, 0.15) is 5.82 Å². The molecule has 0 spiro atoms. The van der Waals surface area contributed by atoms with Gasteiger partial charge in [-0.2, -0.15) is 0 Å². The number of anilines is 2. The second kappa shape index (κ2) is 5.45. The van der Waals surface area contributed by atoms with Crippen molar-refractivity contribution in [2.24, 2.45) is 0 Å². The van der Waals surface area contributed by atoms with Gasteiger partial charge in [-0.15, -0.1) is 11.3 Å². The highest BCUT2D eigenvalue weighted by Gasteiger charge is 2.07. The maximum atomic E-state index is 13.0. The summed E-state index contributed by atoms with van der Waals surface area (Å²) < 4.78 is 13.3. The number of urea groups is 1. The lowest BCUT2D eigenvalue weighted by atomic mass is 10.3. The predicted molar refractivity (Wildman–Crippen MR) is 73.6 cm³/mol. The summed E-state index contributed by atoms with van der Waals surface area (Å²) in [5.74, 6) is -0.378. The molecule has 0 fully saturated rings. The number of halogens is 2. The molecule has 1 heterocycles. The van der Waals surface area contributed by atoms with Crippen molar-refractivity contribution >= 4 is 44.1 Å². The fraction of sp³-hybridized carbons (Fsp3) is 0.0909. The van der Waals surface area contributed by atoms with E-state index >= 15 is 0 Å². The highest BCUT2D eigenvalue weighted by molar-refractivity contribution is 9.10. The Morgan fingerprint density at radius 1 is 1.44 bits per heavy atom. The SMILES string of the molecule is Cc1csc(NC(=O)Nc2ccc(F)c(Br)c2)n1. The summed E-state index contributed by atoms with van der Waals surface area (Å²) in [5, 5.41) is 7.54. The van der Waals surface area contributed by atoms with Crippen LogP contribution >= 0.6 is 27.3 Å². The second-order valence-electron chi connectivity index (χ2n) is 3.50. The molecule has 0 bridgehead atoms. The van der Waals surface area contributed by atoms with Gasteiger partial charge in [0.15, 0.2) is 5.13 Å². The molecule has 0 aliphatic carbocycles. The zero-order chi connectivity index (χ0) is 13.1. The average molecular weight is 330 g/mol. The zero-order valence-electron chi connectivity index (χ0n) is 9.33. The number of carbonyl (C=O) groups is 1. The zero-order valence-corrected chi connectivity index (χ0v) is 11.7. The van der Waals surface area contributed by atoms with Gasteiger partial charge < -0.3 is 5.32 Å². The van der Waals surface area contributed by atoms with Crippen LogP contribution in [-0.2, 0) is 0 Å². The molecule has 0 saturated carbocycles. The van der Waals surface area contributed by atoms with Crippen molar-refractivity contribution < 1.29 is 9.18 Å². The van der Waals surface area contributed by atoms with Gasteiger partial charge in [0.05, 0.1) is 10.2 Å². The summed E-state index contributed by atoms with van der Waals surface area (Å²) in [6.45, 7) is 1.84. The predicted octanol–water partition coefficient (Wildman–Crippen LogP) is 4.00. The highest BCUT2D eigenvalue weighted by atomic mass is 79.9. The van der Waals surface area contributed by atoms with Crippen LogP contribution in [0.15, 0.2) is 28.1 Å². The van der Waals surface area contributed by atoms with Gasteiger partial charge in [0.2, 0.25) is 0 Å². The van der Waals surface area contributed by atoms with Crippen molar-refractivity contribution in [1.29, 1.82) is 0 Å². The highest BCUT2D eigenvalue weighted by Crippen LogP contribution is 2.20. The molecule has 0 atom stereocenters. The molecule has 2 amide bonds. The summed E-state index contributed by atoms with van der Waals surface area (Å²) in [5.41, 5.74) is 1.34. The van der Waals surface area contributed by atoms with Crippen LogP contribution in [0.5, 0.6) is 0 Å². The molecule has 4 nitrogen and oxygen atoms in total. The molecular formula is C11H9BrFN3OS. The Balaban J connectivity index is 2.00. The minimum absolute atomic E-state index is 0.297. The molecule has 2 aromatic rings. The Hall–Kier alpha value is -1.47. The van der Waals surface area contributed by atoms with Crippen LogP contribution in [0.1, 0.15) is 5.69 Å². The quantitative estimate of drug-likeness (QED) is 0.874. The smallest absolute Gasteiger partial charge is 0.308 e. The number of nitrogens with zero attached hydrogens (tertiary/aromatic N) is 1. The van der Waals surface area contributed by atoms with Crippen molar-refractivity contribution in [3.05, 3.63) is 39.6 Å². The lowest BCUT2D eigenvalue weighted by Gasteiger charge is -2.06. The molecule has 2 rings (SSSR count). The molecule has 94 valence electrons. The Labute approximate surface area is 115 Å². The third kappa shape index (κ3) is 3.27. The van der Waals surface area contributed by atoms with Gasteiger partial charge >= 0.3 is 6.03 Å². The normalized spacial score (nSPS) is 10.2. The molecule has 0 aliphatic heterocycles. The maximum absolute atomic E-state index is 13.0. The summed E-state index contributed by atoms with van der Waals surface area (Å²) >= 11 is 4.39. The standard InChI is InChI=1S/C11H9BrFN3OS/c1-6-5-18-11(14-6)16-10(17)15-7-2-3-9(13)8(12)4-7/h2-5H,1H3,(H2,14,15,16,17). The van der Waals surface area contributed by atoms with E-state index in [0.29, 0.717) is 15.3 Å². The van der Waals surface area contributed by atoms with Crippen LogP contribution in [0, 0.1) is 12.7 Å². The topological polar surface area (TPSA) is 54.0 Å². The number of hydrogen-bond acceptors (Lipinski definition) is 3. The van der Waals surface area contributed by atoms with E-state index in [1.54, 1.807) is 0 Å². The fourth-order valence-corrected chi connectivity index (χ4v) is 2.31. The van der Waals surface area contributed by atoms with Crippen molar-refractivity contribution in [1.82, 2.24) is 4.98 Å². The van der Waals surface area contributed by atoms with E-state index in [1.807, 2.05) is 12.3 Å². The Morgan fingerprint density at radius 2 is 2.22 bits per heavy atom. The van der Waals surface area contributed by atoms with Crippen LogP contribution in [0.4, 0.5) is 20.0 Å². The van der Waals surface area contributed by atoms with E-state index in [-0.39, 0.29) is 5.82 Å². The van der Waals surface area contributed by atoms with Gasteiger partial charge in [-0.3, -0.25) is 5.32 Å². The number of amides is 2. The van der Waals surface area contributed by atoms with Crippen LogP contribution in [-0.4, -0.2) is 11.0 Å². The molecule has 1 aromatic heterocycles. The molecule has 0 saturated heterocycles. The first kappa shape index (κ1) is 13.0. The molecule has 0 aliphatic rings. The lowest BCUT2D eigenvalue weighted by molar-refractivity contribution is 0.262. The minimum atomic E-state index is -0.414. The molecule has 18 heavy (non-hydrogen) atoms. The van der Waals surface area contributed by atoms with Crippen LogP contribution < -0.4 is 10.6 Å². The summed E-state index contributed by atoms with van der Waals surface area (Å²) in [6.07, 6.45) is 0. The molecule has 0 unspecified atom stereocenters. The molecule has 0 radical (unpaired) electrons. The van der Waals surface area contributed by atoms with Crippen molar-refractivity contribution in [3.63, 3.8) is 0 Å². The van der Waals surface area contributed by atoms with Crippen molar-refractivity contribution in [3.8, 4) is 0 Å². The van der Waals surface area contributed by atoms with E-state index < -0.39 is 6.03 Å². The first-order chi connectivity index (χ1) is 8.54. The first-order valence-electron chi connectivity index (χ1n) is 5.00. The summed E-state index contributed by atoms with van der Waals surface area (Å²) in [6, 6.07) is 3.82. The van der Waals surface area contributed by atoms with E-state index in [0.717, 1.165) is 5.69 Å². The van der Waals surface area contributed by atoms with Crippen LogP contribution in [0.25, 0.3) is 0 Å². The summed E-state index contributed by atoms with van der Waals surface area (Å²) in [7, 11) is 0. The fourth-order valence-electron chi connectivity index (χ4n) is 1.24. The molecule has 7 heteroatoms. The Kier molecular flexibility index (Phi) is 3.93. The molecule has 1 aromatic carbocycles.